The number of aliphatic hydroxyl groups excluding tert-OH is 7. The van der Waals surface area contributed by atoms with Crippen molar-refractivity contribution in [2.75, 3.05) is 6.61 Å². The molecule has 1 saturated carbocycles. The maximum absolute atomic E-state index is 13.0. The summed E-state index contributed by atoms with van der Waals surface area (Å²) in [6, 6.07) is -1.24. The fraction of sp³-hybridized carbons (Fsp3) is 0.889. The molecule has 0 aromatic rings. The first-order valence-electron chi connectivity index (χ1n) is 23.4. The molecule has 0 spiro atoms. The number of hydrogen-bond acceptors (Lipinski definition) is 11. The number of allylic oxidation sites excluding steroid dienone is 3. The maximum atomic E-state index is 13.0. The fourth-order valence-corrected chi connectivity index (χ4v) is 8.38. The van der Waals surface area contributed by atoms with Crippen LogP contribution in [0.2, 0.25) is 0 Å². The van der Waals surface area contributed by atoms with E-state index in [1.807, 2.05) is 0 Å². The molecule has 14 heteroatoms. The van der Waals surface area contributed by atoms with Crippen LogP contribution < -0.4 is 5.32 Å². The lowest BCUT2D eigenvalue weighted by Gasteiger charge is -2.41. The van der Waals surface area contributed by atoms with Crippen LogP contribution in [-0.2, 0) is 18.4 Å². The molecule has 59 heavy (non-hydrogen) atoms. The van der Waals surface area contributed by atoms with Crippen LogP contribution in [0.1, 0.15) is 194 Å². The highest BCUT2D eigenvalue weighted by Crippen LogP contribution is 2.47. The van der Waals surface area contributed by atoms with Crippen LogP contribution in [0, 0.1) is 0 Å². The number of carbonyl (C=O) groups is 1. The van der Waals surface area contributed by atoms with Gasteiger partial charge in [-0.2, -0.15) is 0 Å². The highest BCUT2D eigenvalue weighted by molar-refractivity contribution is 7.47. The van der Waals surface area contributed by atoms with Gasteiger partial charge < -0.3 is 46.0 Å². The average Bonchev–Trinajstić information content (AvgIpc) is 3.21. The number of carbonyl (C=O) groups excluding carboxylic acids is 1. The van der Waals surface area contributed by atoms with Gasteiger partial charge in [0.05, 0.1) is 31.3 Å². The topological polar surface area (TPSA) is 226 Å². The van der Waals surface area contributed by atoms with E-state index in [0.717, 1.165) is 64.2 Å². The summed E-state index contributed by atoms with van der Waals surface area (Å²) >= 11 is 0. The molecule has 1 amide bonds. The van der Waals surface area contributed by atoms with E-state index in [2.05, 4.69) is 31.3 Å². The minimum atomic E-state index is -5.14. The van der Waals surface area contributed by atoms with Crippen molar-refractivity contribution in [3.05, 3.63) is 24.3 Å². The van der Waals surface area contributed by atoms with E-state index in [1.54, 1.807) is 6.08 Å². The van der Waals surface area contributed by atoms with Crippen molar-refractivity contribution >= 4 is 13.7 Å². The van der Waals surface area contributed by atoms with Crippen LogP contribution in [-0.4, -0.2) is 108 Å². The molecular formula is C45H86NO12P. The molecule has 1 fully saturated rings. The predicted molar refractivity (Wildman–Crippen MR) is 234 cm³/mol. The van der Waals surface area contributed by atoms with E-state index in [-0.39, 0.29) is 6.42 Å². The van der Waals surface area contributed by atoms with E-state index < -0.39 is 75.2 Å². The summed E-state index contributed by atoms with van der Waals surface area (Å²) in [4.78, 5) is 23.4. The SMILES string of the molecule is CCCCCCCC/C=C\CCCCCCCC(O)CC(=O)NC(COP(=O)(O)OC1C(O)C(O)C(O)C(O)C1O)C(O)/C=C/CCCCCCCCCCCCCC. The zero-order valence-electron chi connectivity index (χ0n) is 36.7. The molecule has 0 saturated heterocycles. The summed E-state index contributed by atoms with van der Waals surface area (Å²) < 4.78 is 22.8. The minimum Gasteiger partial charge on any atom is -0.393 e. The quantitative estimate of drug-likeness (QED) is 0.0166. The molecule has 1 aliphatic carbocycles. The monoisotopic (exact) mass is 864 g/mol. The van der Waals surface area contributed by atoms with Gasteiger partial charge in [0.25, 0.3) is 0 Å². The number of phosphoric ester groups is 1. The van der Waals surface area contributed by atoms with Crippen LogP contribution in [0.15, 0.2) is 24.3 Å². The number of amides is 1. The Balaban J connectivity index is 2.56. The van der Waals surface area contributed by atoms with Gasteiger partial charge >= 0.3 is 7.82 Å². The van der Waals surface area contributed by atoms with Gasteiger partial charge in [-0.3, -0.25) is 13.8 Å². The van der Waals surface area contributed by atoms with Gasteiger partial charge in [0, 0.05) is 0 Å². The Morgan fingerprint density at radius 3 is 1.44 bits per heavy atom. The Labute approximate surface area is 356 Å². The van der Waals surface area contributed by atoms with Gasteiger partial charge in [-0.15, -0.1) is 0 Å². The van der Waals surface area contributed by atoms with E-state index in [4.69, 9.17) is 9.05 Å². The van der Waals surface area contributed by atoms with Gasteiger partial charge in [-0.1, -0.05) is 167 Å². The third kappa shape index (κ3) is 27.5. The second-order valence-corrected chi connectivity index (χ2v) is 18.2. The fourth-order valence-electron chi connectivity index (χ4n) is 7.41. The number of unbranched alkanes of at least 4 members (excludes halogenated alkanes) is 23. The molecule has 1 rings (SSSR count). The molecule has 8 atom stereocenters. The summed E-state index contributed by atoms with van der Waals surface area (Å²) in [5, 5.41) is 74.4. The second kappa shape index (κ2) is 35.3. The average molecular weight is 864 g/mol. The number of rotatable bonds is 38. The summed E-state index contributed by atoms with van der Waals surface area (Å²) in [5.41, 5.74) is 0. The van der Waals surface area contributed by atoms with Gasteiger partial charge in [0.15, 0.2) is 0 Å². The Hall–Kier alpha value is -1.22. The van der Waals surface area contributed by atoms with E-state index >= 15 is 0 Å². The van der Waals surface area contributed by atoms with Gasteiger partial charge in [-0.05, 0) is 44.9 Å². The maximum Gasteiger partial charge on any atom is 0.472 e. The Bertz CT molecular complexity index is 1110. The van der Waals surface area contributed by atoms with Crippen molar-refractivity contribution in [3.8, 4) is 0 Å². The van der Waals surface area contributed by atoms with Gasteiger partial charge in [0.1, 0.15) is 36.6 Å². The summed E-state index contributed by atoms with van der Waals surface area (Å²) in [7, 11) is -5.14. The number of aliphatic hydroxyl groups is 7. The zero-order valence-corrected chi connectivity index (χ0v) is 37.6. The molecule has 0 radical (unpaired) electrons. The third-order valence-corrected chi connectivity index (χ3v) is 12.3. The van der Waals surface area contributed by atoms with Crippen molar-refractivity contribution in [3.63, 3.8) is 0 Å². The van der Waals surface area contributed by atoms with Crippen LogP contribution in [0.25, 0.3) is 0 Å². The lowest BCUT2D eigenvalue weighted by molar-refractivity contribution is -0.220. The van der Waals surface area contributed by atoms with Crippen LogP contribution in [0.5, 0.6) is 0 Å². The van der Waals surface area contributed by atoms with Crippen molar-refractivity contribution in [2.24, 2.45) is 0 Å². The van der Waals surface area contributed by atoms with E-state index in [0.29, 0.717) is 12.8 Å². The number of nitrogens with one attached hydrogen (secondary N) is 1. The minimum absolute atomic E-state index is 0.249. The lowest BCUT2D eigenvalue weighted by Crippen LogP contribution is -2.64. The van der Waals surface area contributed by atoms with Crippen LogP contribution in [0.3, 0.4) is 0 Å². The standard InChI is InChI=1S/C45H86NO12P/c1-3-5-7-9-11-13-15-17-19-20-22-24-26-28-30-32-36(47)34-39(49)46-37(35-57-59(55,56)58-45-43(53)41(51)40(50)42(52)44(45)54)38(48)33-31-29-27-25-23-21-18-16-14-12-10-8-6-4-2/h17,19,31,33,36-38,40-45,47-48,50-54H,3-16,18,20-30,32,34-35H2,1-2H3,(H,46,49)(H,55,56)/b19-17-,33-31+. The zero-order chi connectivity index (χ0) is 43.7. The van der Waals surface area contributed by atoms with Crippen LogP contribution in [0.4, 0.5) is 0 Å². The first-order chi connectivity index (χ1) is 28.3. The molecule has 348 valence electrons. The molecule has 0 aliphatic heterocycles. The molecule has 13 nitrogen and oxygen atoms in total. The molecular weight excluding hydrogens is 777 g/mol. The number of hydrogen-bond donors (Lipinski definition) is 9. The Morgan fingerprint density at radius 2 is 0.983 bits per heavy atom. The highest BCUT2D eigenvalue weighted by atomic mass is 31.2. The van der Waals surface area contributed by atoms with E-state index in [1.165, 1.54) is 102 Å². The van der Waals surface area contributed by atoms with Crippen molar-refractivity contribution in [2.45, 2.75) is 249 Å². The summed E-state index contributed by atoms with van der Waals surface area (Å²) in [6.45, 7) is 3.72. The Kier molecular flexibility index (Phi) is 33.3. The summed E-state index contributed by atoms with van der Waals surface area (Å²) in [5.74, 6) is -0.598. The third-order valence-electron chi connectivity index (χ3n) is 11.3. The smallest absolute Gasteiger partial charge is 0.393 e. The first kappa shape index (κ1) is 55.8. The van der Waals surface area contributed by atoms with Crippen molar-refractivity contribution < 1.29 is 59.0 Å². The molecule has 9 N–H and O–H groups in total. The van der Waals surface area contributed by atoms with Crippen molar-refractivity contribution in [1.82, 2.24) is 5.32 Å². The van der Waals surface area contributed by atoms with Gasteiger partial charge in [0.2, 0.25) is 5.91 Å². The van der Waals surface area contributed by atoms with Gasteiger partial charge in [-0.25, -0.2) is 4.57 Å². The van der Waals surface area contributed by atoms with Crippen molar-refractivity contribution in [1.29, 1.82) is 0 Å². The summed E-state index contributed by atoms with van der Waals surface area (Å²) in [6.07, 6.45) is 24.1. The molecule has 0 bridgehead atoms. The molecule has 8 unspecified atom stereocenters. The lowest BCUT2D eigenvalue weighted by atomic mass is 9.85. The normalized spacial score (nSPS) is 23.8. The molecule has 0 aromatic heterocycles. The predicted octanol–water partition coefficient (Wildman–Crippen LogP) is 7.59. The van der Waals surface area contributed by atoms with E-state index in [9.17, 15) is 50.0 Å². The first-order valence-corrected chi connectivity index (χ1v) is 24.9. The largest absolute Gasteiger partial charge is 0.472 e. The van der Waals surface area contributed by atoms with Crippen LogP contribution >= 0.6 is 7.82 Å². The molecule has 0 aromatic carbocycles. The number of phosphoric acid groups is 1. The molecule has 1 aliphatic rings. The highest BCUT2D eigenvalue weighted by Gasteiger charge is 2.51. The Morgan fingerprint density at radius 1 is 0.593 bits per heavy atom. The second-order valence-electron chi connectivity index (χ2n) is 16.8. The molecule has 0 heterocycles.